The minimum Gasteiger partial charge on any atom is -0.435 e. The minimum absolute atomic E-state index is 0.502. The van der Waals surface area contributed by atoms with Crippen LogP contribution in [0.2, 0.25) is 0 Å². The molecule has 0 atom stereocenters. The average molecular weight is 229 g/mol. The molecule has 1 aromatic heterocycles. The monoisotopic (exact) mass is 229 g/mol. The van der Waals surface area contributed by atoms with Gasteiger partial charge in [0.25, 0.3) is 0 Å². The van der Waals surface area contributed by atoms with E-state index in [9.17, 15) is 0 Å². The standard InChI is InChI=1S/C13H15N3O/c1-8-4-5-11(14)12(6-8)17-13-10(3)15-7-9(2)16-13/h4-7H,14H2,1-3H3. The van der Waals surface area contributed by atoms with Gasteiger partial charge in [-0.05, 0) is 38.5 Å². The lowest BCUT2D eigenvalue weighted by molar-refractivity contribution is 0.455. The maximum atomic E-state index is 5.85. The lowest BCUT2D eigenvalue weighted by atomic mass is 10.2. The van der Waals surface area contributed by atoms with Gasteiger partial charge in [-0.3, -0.25) is 4.98 Å². The summed E-state index contributed by atoms with van der Waals surface area (Å²) in [6.45, 7) is 5.72. The molecule has 4 heteroatoms. The van der Waals surface area contributed by atoms with Crippen LogP contribution in [-0.4, -0.2) is 9.97 Å². The van der Waals surface area contributed by atoms with Crippen molar-refractivity contribution in [2.24, 2.45) is 0 Å². The first-order valence-electron chi connectivity index (χ1n) is 5.40. The third-order valence-electron chi connectivity index (χ3n) is 2.41. The maximum absolute atomic E-state index is 5.85. The highest BCUT2D eigenvalue weighted by Gasteiger charge is 2.07. The van der Waals surface area contributed by atoms with E-state index in [-0.39, 0.29) is 0 Å². The van der Waals surface area contributed by atoms with Gasteiger partial charge in [0.05, 0.1) is 17.1 Å². The van der Waals surface area contributed by atoms with Gasteiger partial charge in [-0.15, -0.1) is 0 Å². The van der Waals surface area contributed by atoms with Crippen LogP contribution in [0.1, 0.15) is 17.0 Å². The van der Waals surface area contributed by atoms with Crippen LogP contribution < -0.4 is 10.5 Å². The van der Waals surface area contributed by atoms with Gasteiger partial charge in [0.1, 0.15) is 0 Å². The molecule has 0 unspecified atom stereocenters. The average Bonchev–Trinajstić information content (AvgIpc) is 2.28. The Morgan fingerprint density at radius 3 is 2.71 bits per heavy atom. The third kappa shape index (κ3) is 2.53. The van der Waals surface area contributed by atoms with Gasteiger partial charge in [-0.25, -0.2) is 4.98 Å². The second-order valence-electron chi connectivity index (χ2n) is 4.05. The van der Waals surface area contributed by atoms with E-state index in [1.165, 1.54) is 0 Å². The summed E-state index contributed by atoms with van der Waals surface area (Å²) in [5, 5.41) is 0. The van der Waals surface area contributed by atoms with E-state index in [1.54, 1.807) is 6.20 Å². The zero-order chi connectivity index (χ0) is 12.4. The smallest absolute Gasteiger partial charge is 0.241 e. The SMILES string of the molecule is Cc1ccc(N)c(Oc2nc(C)cnc2C)c1. The summed E-state index contributed by atoms with van der Waals surface area (Å²) in [7, 11) is 0. The Hall–Kier alpha value is -2.10. The van der Waals surface area contributed by atoms with Gasteiger partial charge < -0.3 is 10.5 Å². The summed E-state index contributed by atoms with van der Waals surface area (Å²) in [6, 6.07) is 5.65. The topological polar surface area (TPSA) is 61.0 Å². The number of rotatable bonds is 2. The molecule has 17 heavy (non-hydrogen) atoms. The van der Waals surface area contributed by atoms with Crippen molar-refractivity contribution in [1.82, 2.24) is 9.97 Å². The number of aryl methyl sites for hydroxylation is 3. The van der Waals surface area contributed by atoms with Gasteiger partial charge in [0.2, 0.25) is 5.88 Å². The van der Waals surface area contributed by atoms with Crippen molar-refractivity contribution in [2.45, 2.75) is 20.8 Å². The molecule has 0 saturated heterocycles. The van der Waals surface area contributed by atoms with Crippen LogP contribution >= 0.6 is 0 Å². The van der Waals surface area contributed by atoms with E-state index in [1.807, 2.05) is 39.0 Å². The van der Waals surface area contributed by atoms with Crippen LogP contribution in [0.5, 0.6) is 11.6 Å². The molecular weight excluding hydrogens is 214 g/mol. The molecule has 1 aromatic carbocycles. The second-order valence-corrected chi connectivity index (χ2v) is 4.05. The summed E-state index contributed by atoms with van der Waals surface area (Å²) in [6.07, 6.45) is 1.71. The van der Waals surface area contributed by atoms with E-state index < -0.39 is 0 Å². The van der Waals surface area contributed by atoms with Crippen molar-refractivity contribution in [3.05, 3.63) is 41.3 Å². The highest BCUT2D eigenvalue weighted by molar-refractivity contribution is 5.55. The lowest BCUT2D eigenvalue weighted by Gasteiger charge is -2.10. The number of benzene rings is 1. The number of ether oxygens (including phenoxy) is 1. The zero-order valence-electron chi connectivity index (χ0n) is 10.2. The van der Waals surface area contributed by atoms with Gasteiger partial charge in [0, 0.05) is 6.20 Å². The fraction of sp³-hybridized carbons (Fsp3) is 0.231. The fourth-order valence-electron chi connectivity index (χ4n) is 1.45. The third-order valence-corrected chi connectivity index (χ3v) is 2.41. The fourth-order valence-corrected chi connectivity index (χ4v) is 1.45. The van der Waals surface area contributed by atoms with E-state index in [2.05, 4.69) is 9.97 Å². The van der Waals surface area contributed by atoms with Gasteiger partial charge in [-0.2, -0.15) is 0 Å². The van der Waals surface area contributed by atoms with Gasteiger partial charge >= 0.3 is 0 Å². The number of hydrogen-bond donors (Lipinski definition) is 1. The van der Waals surface area contributed by atoms with Gasteiger partial charge in [0.15, 0.2) is 5.75 Å². The van der Waals surface area contributed by atoms with Crippen molar-refractivity contribution in [3.8, 4) is 11.6 Å². The Balaban J connectivity index is 2.37. The minimum atomic E-state index is 0.502. The molecule has 0 aliphatic heterocycles. The first-order chi connectivity index (χ1) is 8.06. The number of nitrogens with two attached hydrogens (primary N) is 1. The van der Waals surface area contributed by atoms with Crippen molar-refractivity contribution in [3.63, 3.8) is 0 Å². The second kappa shape index (κ2) is 4.41. The van der Waals surface area contributed by atoms with E-state index in [4.69, 9.17) is 10.5 Å². The van der Waals surface area contributed by atoms with Crippen molar-refractivity contribution in [1.29, 1.82) is 0 Å². The Morgan fingerprint density at radius 1 is 1.18 bits per heavy atom. The predicted molar refractivity (Wildman–Crippen MR) is 67.2 cm³/mol. The van der Waals surface area contributed by atoms with Crippen LogP contribution in [0, 0.1) is 20.8 Å². The normalized spacial score (nSPS) is 10.3. The molecule has 0 aliphatic rings. The van der Waals surface area contributed by atoms with Crippen molar-refractivity contribution < 1.29 is 4.74 Å². The summed E-state index contributed by atoms with van der Waals surface area (Å²) in [4.78, 5) is 8.50. The molecule has 2 rings (SSSR count). The summed E-state index contributed by atoms with van der Waals surface area (Å²) in [5.41, 5.74) is 9.10. The maximum Gasteiger partial charge on any atom is 0.241 e. The van der Waals surface area contributed by atoms with Crippen LogP contribution in [-0.2, 0) is 0 Å². The quantitative estimate of drug-likeness (QED) is 0.804. The molecule has 0 bridgehead atoms. The molecule has 0 saturated carbocycles. The number of nitrogen functional groups attached to an aromatic ring is 1. The molecule has 2 aromatic rings. The molecule has 4 nitrogen and oxygen atoms in total. The first kappa shape index (κ1) is 11.4. The zero-order valence-corrected chi connectivity index (χ0v) is 10.2. The van der Waals surface area contributed by atoms with E-state index >= 15 is 0 Å². The number of anilines is 1. The van der Waals surface area contributed by atoms with Crippen LogP contribution in [0.4, 0.5) is 5.69 Å². The van der Waals surface area contributed by atoms with Crippen LogP contribution in [0.15, 0.2) is 24.4 Å². The highest BCUT2D eigenvalue weighted by Crippen LogP contribution is 2.28. The highest BCUT2D eigenvalue weighted by atomic mass is 16.5. The number of aromatic nitrogens is 2. The van der Waals surface area contributed by atoms with Crippen LogP contribution in [0.3, 0.4) is 0 Å². The van der Waals surface area contributed by atoms with E-state index in [0.29, 0.717) is 17.3 Å². The van der Waals surface area contributed by atoms with Gasteiger partial charge in [-0.1, -0.05) is 6.07 Å². The molecule has 0 aliphatic carbocycles. The first-order valence-corrected chi connectivity index (χ1v) is 5.40. The summed E-state index contributed by atoms with van der Waals surface area (Å²) < 4.78 is 5.70. The molecule has 0 spiro atoms. The number of nitrogens with zero attached hydrogens (tertiary/aromatic N) is 2. The van der Waals surface area contributed by atoms with Crippen LogP contribution in [0.25, 0.3) is 0 Å². The molecule has 0 fully saturated rings. The molecule has 1 heterocycles. The predicted octanol–water partition coefficient (Wildman–Crippen LogP) is 2.78. The Labute approximate surface area is 100 Å². The summed E-state index contributed by atoms with van der Waals surface area (Å²) >= 11 is 0. The van der Waals surface area contributed by atoms with Crippen molar-refractivity contribution in [2.75, 3.05) is 5.73 Å². The molecule has 0 amide bonds. The Kier molecular flexibility index (Phi) is 2.95. The Bertz CT molecular complexity index is 503. The van der Waals surface area contributed by atoms with E-state index in [0.717, 1.165) is 17.0 Å². The molecule has 2 N–H and O–H groups in total. The lowest BCUT2D eigenvalue weighted by Crippen LogP contribution is -1.98. The Morgan fingerprint density at radius 2 is 1.94 bits per heavy atom. The molecular formula is C13H15N3O. The molecule has 0 radical (unpaired) electrons. The van der Waals surface area contributed by atoms with Crippen molar-refractivity contribution >= 4 is 5.69 Å². The number of hydrogen-bond acceptors (Lipinski definition) is 4. The summed E-state index contributed by atoms with van der Waals surface area (Å²) in [5.74, 6) is 1.12. The largest absolute Gasteiger partial charge is 0.435 e. The molecule has 88 valence electrons.